The minimum absolute atomic E-state index is 0.135. The number of alkyl halides is 5. The van der Waals surface area contributed by atoms with Crippen LogP contribution in [0.5, 0.6) is 11.5 Å². The normalized spacial score (nSPS) is 12.4. The Morgan fingerprint density at radius 2 is 1.78 bits per heavy atom. The van der Waals surface area contributed by atoms with Gasteiger partial charge in [-0.15, -0.1) is 18.3 Å². The van der Waals surface area contributed by atoms with Crippen molar-refractivity contribution in [2.45, 2.75) is 25.8 Å². The Labute approximate surface area is 150 Å². The summed E-state index contributed by atoms with van der Waals surface area (Å²) in [6.45, 7) is 0.120. The molecule has 1 aromatic heterocycles. The quantitative estimate of drug-likeness (QED) is 0.598. The van der Waals surface area contributed by atoms with E-state index in [1.165, 1.54) is 13.2 Å². The molecule has 5 nitrogen and oxygen atoms in total. The summed E-state index contributed by atoms with van der Waals surface area (Å²) < 4.78 is 73.9. The maximum Gasteiger partial charge on any atom is 0.573 e. The van der Waals surface area contributed by atoms with Crippen molar-refractivity contribution in [1.29, 1.82) is 0 Å². The van der Waals surface area contributed by atoms with E-state index < -0.39 is 24.6 Å². The largest absolute Gasteiger partial charge is 0.573 e. The lowest BCUT2D eigenvalue weighted by atomic mass is 10.0. The second kappa shape index (κ2) is 6.67. The first-order valence-corrected chi connectivity index (χ1v) is 7.71. The van der Waals surface area contributed by atoms with E-state index in [1.54, 1.807) is 18.2 Å². The summed E-state index contributed by atoms with van der Waals surface area (Å²) in [5.41, 5.74) is 1.79. The summed E-state index contributed by atoms with van der Waals surface area (Å²) >= 11 is 0. The highest BCUT2D eigenvalue weighted by atomic mass is 19.4. The number of halogens is 5. The second-order valence-corrected chi connectivity index (χ2v) is 5.93. The van der Waals surface area contributed by atoms with E-state index in [-0.39, 0.29) is 5.75 Å². The van der Waals surface area contributed by atoms with Crippen LogP contribution in [0.15, 0.2) is 36.4 Å². The number of hydrogen-bond acceptors (Lipinski definition) is 4. The average molecular weight is 387 g/mol. The summed E-state index contributed by atoms with van der Waals surface area (Å²) in [5, 5.41) is 7.56. The average Bonchev–Trinajstić information content (AvgIpc) is 2.93. The third kappa shape index (κ3) is 4.44. The molecule has 0 saturated carbocycles. The van der Waals surface area contributed by atoms with E-state index in [4.69, 9.17) is 4.74 Å². The van der Waals surface area contributed by atoms with Crippen LogP contribution in [0.1, 0.15) is 6.92 Å². The van der Waals surface area contributed by atoms with Gasteiger partial charge in [0.05, 0.1) is 12.6 Å². The lowest BCUT2D eigenvalue weighted by molar-refractivity contribution is -0.274. The second-order valence-electron chi connectivity index (χ2n) is 5.93. The van der Waals surface area contributed by atoms with Crippen LogP contribution in [0.3, 0.4) is 0 Å². The fraction of sp³-hybridized carbons (Fsp3) is 0.294. The summed E-state index contributed by atoms with van der Waals surface area (Å²) in [4.78, 5) is 0. The predicted molar refractivity (Wildman–Crippen MR) is 86.8 cm³/mol. The first-order valence-electron chi connectivity index (χ1n) is 7.71. The van der Waals surface area contributed by atoms with Crippen molar-refractivity contribution in [2.24, 2.45) is 0 Å². The van der Waals surface area contributed by atoms with Gasteiger partial charge in [-0.3, -0.25) is 0 Å². The van der Waals surface area contributed by atoms with Crippen LogP contribution in [0, 0.1) is 0 Å². The highest BCUT2D eigenvalue weighted by Crippen LogP contribution is 2.36. The Hall–Kier alpha value is -2.91. The third-order valence-electron chi connectivity index (χ3n) is 3.66. The van der Waals surface area contributed by atoms with Crippen LogP contribution in [0.4, 0.5) is 22.0 Å². The number of aromatic nitrogens is 3. The molecule has 3 aromatic rings. The molecular formula is C17H14F5N3O2. The number of hydrogen-bond donors (Lipinski definition) is 0. The van der Waals surface area contributed by atoms with Crippen LogP contribution < -0.4 is 9.47 Å². The van der Waals surface area contributed by atoms with Crippen LogP contribution >= 0.6 is 0 Å². The summed E-state index contributed by atoms with van der Waals surface area (Å²) in [6.07, 6.45) is -4.82. The maximum atomic E-state index is 13.3. The lowest BCUT2D eigenvalue weighted by Gasteiger charge is -2.14. The highest BCUT2D eigenvalue weighted by molar-refractivity contribution is 5.83. The summed E-state index contributed by atoms with van der Waals surface area (Å²) in [7, 11) is 1.30. The molecule has 144 valence electrons. The first kappa shape index (κ1) is 18.9. The molecular weight excluding hydrogens is 373 g/mol. The van der Waals surface area contributed by atoms with Gasteiger partial charge in [0.1, 0.15) is 23.6 Å². The fourth-order valence-corrected chi connectivity index (χ4v) is 2.62. The van der Waals surface area contributed by atoms with Crippen molar-refractivity contribution in [3.63, 3.8) is 0 Å². The van der Waals surface area contributed by atoms with Crippen LogP contribution in [0.2, 0.25) is 0 Å². The van der Waals surface area contributed by atoms with E-state index in [1.807, 2.05) is 0 Å². The Kier molecular flexibility index (Phi) is 4.66. The molecule has 0 aliphatic carbocycles. The number of methoxy groups -OCH3 is 1. The molecule has 0 radical (unpaired) electrons. The monoisotopic (exact) mass is 387 g/mol. The third-order valence-corrected chi connectivity index (χ3v) is 3.66. The van der Waals surface area contributed by atoms with Crippen LogP contribution in [0.25, 0.3) is 22.2 Å². The zero-order valence-electron chi connectivity index (χ0n) is 14.2. The smallest absolute Gasteiger partial charge is 0.496 e. The molecule has 0 fully saturated rings. The van der Waals surface area contributed by atoms with Gasteiger partial charge in [-0.2, -0.15) is 0 Å². The molecule has 1 heterocycles. The molecule has 10 heteroatoms. The molecule has 27 heavy (non-hydrogen) atoms. The molecule has 0 N–H and O–H groups in total. The molecule has 2 aromatic carbocycles. The number of fused-ring (bicyclic) bond motifs is 1. The van der Waals surface area contributed by atoms with E-state index in [0.29, 0.717) is 22.2 Å². The van der Waals surface area contributed by atoms with E-state index in [9.17, 15) is 22.0 Å². The molecule has 0 bridgehead atoms. The van der Waals surface area contributed by atoms with Crippen molar-refractivity contribution in [2.75, 3.05) is 7.11 Å². The highest BCUT2D eigenvalue weighted by Gasteiger charge is 2.31. The standard InChI is InChI=1S/C17H14F5N3O2/c1-16(18,19)9-25-14-7-10(3-6-13(14)23-24-25)12-5-4-11(8-15(12)26-2)27-17(20,21)22/h3-8H,9H2,1-2H3. The van der Waals surface area contributed by atoms with Gasteiger partial charge in [0.2, 0.25) is 0 Å². The minimum atomic E-state index is -4.82. The van der Waals surface area contributed by atoms with Crippen molar-refractivity contribution in [3.8, 4) is 22.6 Å². The van der Waals surface area contributed by atoms with Crippen LogP contribution in [-0.4, -0.2) is 34.4 Å². The van der Waals surface area contributed by atoms with Crippen molar-refractivity contribution < 1.29 is 31.4 Å². The Balaban J connectivity index is 2.02. The topological polar surface area (TPSA) is 49.2 Å². The van der Waals surface area contributed by atoms with Crippen molar-refractivity contribution in [3.05, 3.63) is 36.4 Å². The molecule has 0 saturated heterocycles. The fourth-order valence-electron chi connectivity index (χ4n) is 2.62. The molecule has 3 rings (SSSR count). The van der Waals surface area contributed by atoms with Gasteiger partial charge in [0, 0.05) is 18.6 Å². The predicted octanol–water partition coefficient (Wildman–Crippen LogP) is 4.66. The molecule has 0 amide bonds. The van der Waals surface area contributed by atoms with Crippen LogP contribution in [-0.2, 0) is 6.54 Å². The number of nitrogens with zero attached hydrogens (tertiary/aromatic N) is 3. The van der Waals surface area contributed by atoms with Gasteiger partial charge < -0.3 is 9.47 Å². The van der Waals surface area contributed by atoms with Gasteiger partial charge in [0.15, 0.2) is 0 Å². The van der Waals surface area contributed by atoms with Gasteiger partial charge in [-0.1, -0.05) is 11.3 Å². The van der Waals surface area contributed by atoms with Gasteiger partial charge in [0.25, 0.3) is 5.92 Å². The SMILES string of the molecule is COc1cc(OC(F)(F)F)ccc1-c1ccc2nnn(CC(C)(F)F)c2c1. The van der Waals surface area contributed by atoms with Crippen molar-refractivity contribution in [1.82, 2.24) is 15.0 Å². The zero-order valence-corrected chi connectivity index (χ0v) is 14.2. The molecule has 0 unspecified atom stereocenters. The zero-order chi connectivity index (χ0) is 19.8. The molecule has 0 aliphatic heterocycles. The van der Waals surface area contributed by atoms with Gasteiger partial charge in [-0.25, -0.2) is 13.5 Å². The Morgan fingerprint density at radius 1 is 1.04 bits per heavy atom. The van der Waals surface area contributed by atoms with Gasteiger partial charge >= 0.3 is 6.36 Å². The summed E-state index contributed by atoms with van der Waals surface area (Å²) in [6, 6.07) is 8.44. The van der Waals surface area contributed by atoms with E-state index >= 15 is 0 Å². The molecule has 0 aliphatic rings. The maximum absolute atomic E-state index is 13.3. The number of rotatable bonds is 5. The van der Waals surface area contributed by atoms with E-state index in [0.717, 1.165) is 23.7 Å². The van der Waals surface area contributed by atoms with E-state index in [2.05, 4.69) is 15.0 Å². The van der Waals surface area contributed by atoms with Gasteiger partial charge in [-0.05, 0) is 29.8 Å². The molecule has 0 atom stereocenters. The van der Waals surface area contributed by atoms with Crippen molar-refractivity contribution >= 4 is 11.0 Å². The first-order chi connectivity index (χ1) is 12.6. The number of ether oxygens (including phenoxy) is 2. The Morgan fingerprint density at radius 3 is 2.41 bits per heavy atom. The number of benzene rings is 2. The minimum Gasteiger partial charge on any atom is -0.496 e. The summed E-state index contributed by atoms with van der Waals surface area (Å²) in [5.74, 6) is -3.28. The lowest BCUT2D eigenvalue weighted by Crippen LogP contribution is -2.20. The Bertz CT molecular complexity index is 963. The molecule has 0 spiro atoms.